The Balaban J connectivity index is 2.90. The van der Waals surface area contributed by atoms with Gasteiger partial charge in [0, 0.05) is 0 Å². The first-order chi connectivity index (χ1) is 9.78. The lowest BCUT2D eigenvalue weighted by Gasteiger charge is -2.28. The summed E-state index contributed by atoms with van der Waals surface area (Å²) in [5, 5.41) is 0. The molecule has 3 heteroatoms. The van der Waals surface area contributed by atoms with Crippen molar-refractivity contribution in [1.82, 2.24) is 0 Å². The largest absolute Gasteiger partial charge is 0.418 e. The third kappa shape index (κ3) is 6.47. The Hall–Kier alpha value is -1.78. The molecule has 1 rings (SSSR count). The summed E-state index contributed by atoms with van der Waals surface area (Å²) >= 11 is 0. The van der Waals surface area contributed by atoms with E-state index in [-0.39, 0.29) is 0 Å². The van der Waals surface area contributed by atoms with Crippen LogP contribution in [0.3, 0.4) is 0 Å². The van der Waals surface area contributed by atoms with Crippen LogP contribution in [0.2, 0.25) is 0 Å². The van der Waals surface area contributed by atoms with Crippen molar-refractivity contribution in [2.24, 2.45) is 0 Å². The molecule has 1 aromatic carbocycles. The summed E-state index contributed by atoms with van der Waals surface area (Å²) in [6, 6.07) is 9.94. The fourth-order valence-corrected chi connectivity index (χ4v) is 3.01. The maximum Gasteiger partial charge on any atom is 0.418 e. The van der Waals surface area contributed by atoms with E-state index in [9.17, 15) is 0 Å². The van der Waals surface area contributed by atoms with Crippen molar-refractivity contribution >= 4 is 15.4 Å². The van der Waals surface area contributed by atoms with E-state index in [1.54, 1.807) is 0 Å². The number of hydrogen-bond acceptors (Lipinski definition) is 2. The average molecular weight is 297 g/mol. The summed E-state index contributed by atoms with van der Waals surface area (Å²) in [4.78, 5) is 0. The van der Waals surface area contributed by atoms with Crippen molar-refractivity contribution in [2.75, 3.05) is 0 Å². The smallest absolute Gasteiger partial charge is 0.374 e. The molecule has 0 aromatic heterocycles. The van der Waals surface area contributed by atoms with Crippen LogP contribution in [-0.2, 0) is 8.85 Å². The van der Waals surface area contributed by atoms with Gasteiger partial charge >= 0.3 is 9.28 Å². The van der Waals surface area contributed by atoms with Crippen LogP contribution in [-0.4, -0.2) is 20.5 Å². The first-order valence-electron chi connectivity index (χ1n) is 6.72. The fraction of sp³-hybridized carbons (Fsp3) is 0.333. The molecule has 0 spiro atoms. The molecule has 0 aliphatic rings. The van der Waals surface area contributed by atoms with Gasteiger partial charge in [0.1, 0.15) is 11.2 Å². The lowest BCUT2D eigenvalue weighted by atomic mass is 10.2. The second-order valence-corrected chi connectivity index (χ2v) is 6.96. The Morgan fingerprint density at radius 3 is 1.86 bits per heavy atom. The second-order valence-electron chi connectivity index (χ2n) is 5.58. The normalized spacial score (nSPS) is 12.3. The standard InChI is InChI=1S/C18H21O2Si/c1-7-17(3,4)19-21(20-18(5,6)8-2)15-14-16-12-10-9-11-13-16/h1-2,9-15H,3-6H3. The van der Waals surface area contributed by atoms with Crippen molar-refractivity contribution in [1.29, 1.82) is 0 Å². The summed E-state index contributed by atoms with van der Waals surface area (Å²) < 4.78 is 11.8. The van der Waals surface area contributed by atoms with Gasteiger partial charge in [0.2, 0.25) is 0 Å². The molecule has 0 saturated heterocycles. The van der Waals surface area contributed by atoms with Gasteiger partial charge in [-0.3, -0.25) is 0 Å². The van der Waals surface area contributed by atoms with Gasteiger partial charge in [0.15, 0.2) is 0 Å². The Bertz CT molecular complexity index is 531. The van der Waals surface area contributed by atoms with E-state index < -0.39 is 20.5 Å². The average Bonchev–Trinajstić information content (AvgIpc) is 2.45. The minimum atomic E-state index is -1.75. The van der Waals surface area contributed by atoms with Gasteiger partial charge in [0.05, 0.1) is 0 Å². The highest BCUT2D eigenvalue weighted by atomic mass is 28.3. The third-order valence-electron chi connectivity index (χ3n) is 2.62. The zero-order valence-electron chi connectivity index (χ0n) is 13.0. The van der Waals surface area contributed by atoms with Gasteiger partial charge in [-0.25, -0.2) is 0 Å². The summed E-state index contributed by atoms with van der Waals surface area (Å²) in [7, 11) is -1.75. The highest BCUT2D eigenvalue weighted by Crippen LogP contribution is 2.17. The fourth-order valence-electron chi connectivity index (χ4n) is 1.38. The van der Waals surface area contributed by atoms with E-state index in [0.717, 1.165) is 5.56 Å². The minimum Gasteiger partial charge on any atom is -0.374 e. The number of hydrogen-bond donors (Lipinski definition) is 0. The van der Waals surface area contributed by atoms with Gasteiger partial charge < -0.3 is 8.85 Å². The highest BCUT2D eigenvalue weighted by Gasteiger charge is 2.29. The van der Waals surface area contributed by atoms with Gasteiger partial charge in [-0.05, 0) is 39.0 Å². The molecule has 21 heavy (non-hydrogen) atoms. The second kappa shape index (κ2) is 7.29. The van der Waals surface area contributed by atoms with Crippen LogP contribution in [0.5, 0.6) is 0 Å². The van der Waals surface area contributed by atoms with E-state index in [4.69, 9.17) is 21.7 Å². The lowest BCUT2D eigenvalue weighted by molar-refractivity contribution is 0.0759. The summed E-state index contributed by atoms with van der Waals surface area (Å²) in [5.74, 6) is 5.22. The molecule has 0 amide bonds. The van der Waals surface area contributed by atoms with Gasteiger partial charge in [0.25, 0.3) is 0 Å². The summed E-state index contributed by atoms with van der Waals surface area (Å²) in [6.07, 6.45) is 12.9. The molecule has 1 aromatic rings. The van der Waals surface area contributed by atoms with E-state index in [1.807, 2.05) is 69.8 Å². The Kier molecular flexibility index (Phi) is 5.99. The van der Waals surface area contributed by atoms with Crippen LogP contribution in [0.1, 0.15) is 33.3 Å². The molecule has 0 atom stereocenters. The summed E-state index contributed by atoms with van der Waals surface area (Å²) in [5.41, 5.74) is 1.60. The van der Waals surface area contributed by atoms with Crippen molar-refractivity contribution in [2.45, 2.75) is 38.9 Å². The Morgan fingerprint density at radius 2 is 1.43 bits per heavy atom. The van der Waals surface area contributed by atoms with Crippen LogP contribution in [0.4, 0.5) is 0 Å². The molecule has 0 heterocycles. The SMILES string of the molecule is C#CC(C)(C)O[Si](C=Cc1ccccc1)OC(C)(C)C#C. The molecule has 0 bridgehead atoms. The van der Waals surface area contributed by atoms with Crippen LogP contribution in [0.25, 0.3) is 6.08 Å². The first-order valence-corrected chi connectivity index (χ1v) is 8.11. The molecule has 0 fully saturated rings. The van der Waals surface area contributed by atoms with E-state index >= 15 is 0 Å². The molecule has 1 radical (unpaired) electrons. The van der Waals surface area contributed by atoms with Crippen molar-refractivity contribution in [3.05, 3.63) is 41.6 Å². The Labute approximate surface area is 130 Å². The number of terminal acetylenes is 2. The van der Waals surface area contributed by atoms with Crippen molar-refractivity contribution in [3.8, 4) is 24.7 Å². The molecule has 0 aliphatic heterocycles. The van der Waals surface area contributed by atoms with E-state index in [0.29, 0.717) is 0 Å². The molecule has 2 nitrogen and oxygen atoms in total. The number of rotatable bonds is 6. The first kappa shape index (κ1) is 17.3. The van der Waals surface area contributed by atoms with Gasteiger partial charge in [-0.1, -0.05) is 48.2 Å². The van der Waals surface area contributed by atoms with Crippen molar-refractivity contribution in [3.63, 3.8) is 0 Å². The van der Waals surface area contributed by atoms with Crippen LogP contribution in [0, 0.1) is 24.7 Å². The molecular weight excluding hydrogens is 276 g/mol. The molecular formula is C18H21O2Si. The monoisotopic (exact) mass is 297 g/mol. The summed E-state index contributed by atoms with van der Waals surface area (Å²) in [6.45, 7) is 7.33. The molecule has 0 N–H and O–H groups in total. The van der Waals surface area contributed by atoms with Crippen LogP contribution >= 0.6 is 0 Å². The maximum absolute atomic E-state index is 5.91. The zero-order chi connectivity index (χ0) is 15.9. The topological polar surface area (TPSA) is 18.5 Å². The maximum atomic E-state index is 5.91. The van der Waals surface area contributed by atoms with Crippen LogP contribution in [0.15, 0.2) is 36.0 Å². The van der Waals surface area contributed by atoms with Gasteiger partial charge in [-0.15, -0.1) is 12.8 Å². The van der Waals surface area contributed by atoms with Gasteiger partial charge in [-0.2, -0.15) is 0 Å². The molecule has 0 unspecified atom stereocenters. The molecule has 109 valence electrons. The molecule has 0 aliphatic carbocycles. The van der Waals surface area contributed by atoms with E-state index in [1.165, 1.54) is 0 Å². The van der Waals surface area contributed by atoms with Crippen molar-refractivity contribution < 1.29 is 8.85 Å². The highest BCUT2D eigenvalue weighted by molar-refractivity contribution is 6.52. The predicted octanol–water partition coefficient (Wildman–Crippen LogP) is 3.58. The minimum absolute atomic E-state index is 0.694. The third-order valence-corrected chi connectivity index (χ3v) is 4.48. The molecule has 0 saturated carbocycles. The zero-order valence-corrected chi connectivity index (χ0v) is 14.0. The lowest BCUT2D eigenvalue weighted by Crippen LogP contribution is -2.39. The van der Waals surface area contributed by atoms with Crippen LogP contribution < -0.4 is 0 Å². The Morgan fingerprint density at radius 1 is 0.952 bits per heavy atom. The number of benzene rings is 1. The quantitative estimate of drug-likeness (QED) is 0.590. The predicted molar refractivity (Wildman–Crippen MR) is 89.2 cm³/mol. The van der Waals surface area contributed by atoms with E-state index in [2.05, 4.69) is 11.8 Å².